The van der Waals surface area contributed by atoms with Gasteiger partial charge in [0.25, 0.3) is 0 Å². The van der Waals surface area contributed by atoms with Crippen LogP contribution in [0.3, 0.4) is 0 Å². The smallest absolute Gasteiger partial charge is 0.460 e. The van der Waals surface area contributed by atoms with E-state index in [4.69, 9.17) is 9.26 Å². The maximum atomic E-state index is 11.4. The Balaban J connectivity index is 0. The van der Waals surface area contributed by atoms with Gasteiger partial charge in [-0.25, -0.2) is 9.36 Å². The molecule has 9 heteroatoms. The number of nitrogens with zero attached hydrogens (tertiary/aromatic N) is 1. The number of phosphoric ester groups is 1. The molecule has 0 aromatic rings. The van der Waals surface area contributed by atoms with Crippen molar-refractivity contribution < 1.29 is 32.5 Å². The molecule has 1 N–H and O–H groups in total. The largest absolute Gasteiger partial charge is 0.472 e. The minimum Gasteiger partial charge on any atom is -0.460 e. The van der Waals surface area contributed by atoms with Crippen LogP contribution in [0.1, 0.15) is 13.8 Å². The molecule has 2 atom stereocenters. The number of carbonyl (C=O) groups excluding carboxylic acids is 1. The van der Waals surface area contributed by atoms with Crippen LogP contribution < -0.4 is 0 Å². The fourth-order valence-corrected chi connectivity index (χ4v) is 1.57. The molecule has 23 heavy (non-hydrogen) atoms. The van der Waals surface area contributed by atoms with E-state index in [-0.39, 0.29) is 25.4 Å². The zero-order valence-electron chi connectivity index (χ0n) is 15.1. The van der Waals surface area contributed by atoms with Crippen LogP contribution in [0, 0.1) is 0 Å². The molecule has 0 aromatic heterocycles. The predicted molar refractivity (Wildman–Crippen MR) is 95.2 cm³/mol. The van der Waals surface area contributed by atoms with E-state index in [0.29, 0.717) is 11.0 Å². The molecule has 7 nitrogen and oxygen atoms in total. The maximum Gasteiger partial charge on any atom is 0.472 e. The summed E-state index contributed by atoms with van der Waals surface area (Å²) in [5, 5.41) is 0. The summed E-state index contributed by atoms with van der Waals surface area (Å²) in [7, 11) is 2.86. The quantitative estimate of drug-likeness (QED) is 0.120. The van der Waals surface area contributed by atoms with E-state index in [1.54, 1.807) is 0 Å². The van der Waals surface area contributed by atoms with Crippen LogP contribution in [0.2, 0.25) is 0 Å². The third kappa shape index (κ3) is 19.7. The van der Waals surface area contributed by atoms with Gasteiger partial charge in [-0.3, -0.25) is 9.05 Å². The summed E-state index contributed by atoms with van der Waals surface area (Å²) in [6, 6.07) is 0. The van der Waals surface area contributed by atoms with Crippen molar-refractivity contribution in [3.8, 4) is 0 Å². The van der Waals surface area contributed by atoms with E-state index >= 15 is 0 Å². The summed E-state index contributed by atoms with van der Waals surface area (Å²) in [5.74, 6) is -0.567. The topological polar surface area (TPSA) is 82.1 Å². The van der Waals surface area contributed by atoms with Crippen LogP contribution in [0.25, 0.3) is 0 Å². The van der Waals surface area contributed by atoms with Crippen molar-refractivity contribution in [1.29, 1.82) is 0 Å². The van der Waals surface area contributed by atoms with Crippen LogP contribution in [-0.4, -0.2) is 75.7 Å². The van der Waals surface area contributed by atoms with Gasteiger partial charge in [0.2, 0.25) is 0 Å². The molecule has 0 aliphatic carbocycles. The number of phosphoric acid groups is 1. The second-order valence-electron chi connectivity index (χ2n) is 5.77. The average Bonchev–Trinajstić information content (AvgIpc) is 2.41. The van der Waals surface area contributed by atoms with Crippen molar-refractivity contribution >= 4 is 22.4 Å². The minimum atomic E-state index is -4.09. The Morgan fingerprint density at radius 2 is 1.70 bits per heavy atom. The number of hydrogen-bond donors (Lipinski definition) is 1. The fourth-order valence-electron chi connectivity index (χ4n) is 0.878. The molecule has 2 unspecified atom stereocenters. The van der Waals surface area contributed by atoms with E-state index in [1.165, 1.54) is 13.1 Å². The summed E-state index contributed by atoms with van der Waals surface area (Å²) >= 11 is 0. The molecule has 0 aliphatic rings. The van der Waals surface area contributed by atoms with E-state index in [0.717, 1.165) is 8.58 Å². The molecule has 0 amide bonds. The molecule has 0 aromatic carbocycles. The van der Waals surface area contributed by atoms with Gasteiger partial charge in [0, 0.05) is 5.57 Å². The lowest BCUT2D eigenvalue weighted by Crippen LogP contribution is -2.37. The molecule has 0 heterocycles. The Bertz CT molecular complexity index is 393. The van der Waals surface area contributed by atoms with Crippen molar-refractivity contribution in [3.63, 3.8) is 0 Å². The third-order valence-corrected chi connectivity index (χ3v) is 4.01. The first-order chi connectivity index (χ1) is 10.4. The van der Waals surface area contributed by atoms with Gasteiger partial charge in [-0.1, -0.05) is 13.5 Å². The Labute approximate surface area is 142 Å². The highest BCUT2D eigenvalue weighted by Gasteiger charge is 2.22. The lowest BCUT2D eigenvalue weighted by molar-refractivity contribution is -0.870. The van der Waals surface area contributed by atoms with E-state index in [2.05, 4.69) is 24.7 Å². The van der Waals surface area contributed by atoms with Gasteiger partial charge in [-0.15, -0.1) is 8.58 Å². The van der Waals surface area contributed by atoms with Crippen molar-refractivity contribution in [2.45, 2.75) is 13.8 Å². The molecule has 0 saturated heterocycles. The molecular formula is C14H32NO6P2+. The zero-order valence-corrected chi connectivity index (χ0v) is 17.0. The Morgan fingerprint density at radius 1 is 1.22 bits per heavy atom. The summed E-state index contributed by atoms with van der Waals surface area (Å²) in [6.07, 6.45) is 1.35. The molecule has 0 fully saturated rings. The lowest BCUT2D eigenvalue weighted by atomic mass is 10.4. The lowest BCUT2D eigenvalue weighted by Gasteiger charge is -2.23. The zero-order chi connectivity index (χ0) is 18.5. The number of hydrogen-bond acceptors (Lipinski definition) is 5. The van der Waals surface area contributed by atoms with Gasteiger partial charge in [0.05, 0.1) is 27.7 Å². The summed E-state index contributed by atoms with van der Waals surface area (Å²) < 4.78 is 26.2. The molecule has 0 spiro atoms. The van der Waals surface area contributed by atoms with Gasteiger partial charge < -0.3 is 14.1 Å². The molecule has 0 bridgehead atoms. The number of carbonyl (C=O) groups is 1. The van der Waals surface area contributed by atoms with E-state index < -0.39 is 13.8 Å². The standard InChI is InChI=1S/C11H22NO6P.C3H9P/c1-10(2)11(13)16-8-9-18-19(14,15)17-7-6-12(3,4)5;1-3-4-2/h1,6-9H2,2-5H3;4H,3H2,1-2H3/p+1/i3+1,4+1,5+1,12+1;. The van der Waals surface area contributed by atoms with Crippen LogP contribution in [0.5, 0.6) is 0 Å². The first-order valence-electron chi connectivity index (χ1n) is 7.34. The molecule has 0 radical (unpaired) electrons. The molecule has 138 valence electrons. The number of esters is 1. The van der Waals surface area contributed by atoms with Crippen molar-refractivity contribution in [3.05, 3.63) is 12.2 Å². The van der Waals surface area contributed by atoms with Crippen molar-refractivity contribution in [2.75, 3.05) is 60.3 Å². The van der Waals surface area contributed by atoms with Gasteiger partial charge in [-0.2, -0.15) is 0 Å². The van der Waals surface area contributed by atoms with Gasteiger partial charge in [0.15, 0.2) is 0 Å². The maximum absolute atomic E-state index is 11.4. The highest BCUT2D eigenvalue weighted by molar-refractivity contribution is 7.47. The van der Waals surface area contributed by atoms with Crippen LogP contribution in [0.15, 0.2) is 12.2 Å². The highest BCUT2D eigenvalue weighted by atomic mass is 31.2. The second kappa shape index (κ2) is 13.1. The van der Waals surface area contributed by atoms with Gasteiger partial charge in [-0.05, 0) is 19.8 Å². The first-order valence-corrected chi connectivity index (χ1v) is 10.5. The number of rotatable bonds is 10. The van der Waals surface area contributed by atoms with E-state index in [9.17, 15) is 14.3 Å². The van der Waals surface area contributed by atoms with Gasteiger partial charge >= 0.3 is 13.8 Å². The second-order valence-corrected chi connectivity index (χ2v) is 8.64. The van der Waals surface area contributed by atoms with Gasteiger partial charge in [0.1, 0.15) is 19.8 Å². The normalized spacial score (nSPS) is 14.0. The summed E-state index contributed by atoms with van der Waals surface area (Å²) in [6.45, 7) is 9.64. The first kappa shape index (κ1) is 25.0. The van der Waals surface area contributed by atoms with E-state index in [1.807, 2.05) is 21.1 Å². The van der Waals surface area contributed by atoms with Crippen molar-refractivity contribution in [1.82, 2.24) is 0 Å². The highest BCUT2D eigenvalue weighted by Crippen LogP contribution is 2.42. The van der Waals surface area contributed by atoms with Crippen LogP contribution in [-0.2, 0) is 23.1 Å². The minimum absolute atomic E-state index is 0.100. The Kier molecular flexibility index (Phi) is 14.2. The Morgan fingerprint density at radius 3 is 2.09 bits per heavy atom. The number of quaternary nitrogens is 1. The molecule has 0 saturated carbocycles. The molecule has 0 rings (SSSR count). The number of ether oxygens (including phenoxy) is 1. The van der Waals surface area contributed by atoms with Crippen molar-refractivity contribution in [2.24, 2.45) is 0 Å². The van der Waals surface area contributed by atoms with Crippen LogP contribution >= 0.6 is 16.4 Å². The monoisotopic (exact) mass is 376 g/mol. The summed E-state index contributed by atoms with van der Waals surface area (Å²) in [5.41, 5.74) is 0.256. The Hall–Kier alpha value is -0.290. The van der Waals surface area contributed by atoms with Crippen LogP contribution in [0.4, 0.5) is 0 Å². The SMILES string of the molecule is C=C(C)C(=O)OCCOP(=O)(O)OCC[15N+]([13CH3])([13CH3])[13CH3].CCPC. The third-order valence-electron chi connectivity index (χ3n) is 2.29. The molecule has 0 aliphatic heterocycles. The fraction of sp³-hybridized carbons (Fsp3) is 0.786. The number of likely N-dealkylation sites (N-methyl/N-ethyl adjacent to an activating group) is 1. The summed E-state index contributed by atoms with van der Waals surface area (Å²) in [4.78, 5) is 20.3. The average molecular weight is 376 g/mol. The molecular weight excluding hydrogens is 344 g/mol. The predicted octanol–water partition coefficient (Wildman–Crippen LogP) is 2.26.